The lowest BCUT2D eigenvalue weighted by Gasteiger charge is -2.18. The summed E-state index contributed by atoms with van der Waals surface area (Å²) in [7, 11) is 0. The van der Waals surface area contributed by atoms with Gasteiger partial charge in [0.1, 0.15) is 12.4 Å². The van der Waals surface area contributed by atoms with Crippen LogP contribution in [0.2, 0.25) is 0 Å². The molecule has 29 heavy (non-hydrogen) atoms. The summed E-state index contributed by atoms with van der Waals surface area (Å²) in [6, 6.07) is 32.1. The van der Waals surface area contributed by atoms with E-state index in [2.05, 4.69) is 110 Å². The molecular weight excluding hydrogens is 354 g/mol. The minimum absolute atomic E-state index is 0.264. The first-order chi connectivity index (χ1) is 14.2. The number of benzene rings is 4. The van der Waals surface area contributed by atoms with Gasteiger partial charge in [0.25, 0.3) is 0 Å². The molecule has 0 aliphatic heterocycles. The summed E-state index contributed by atoms with van der Waals surface area (Å²) in [6.07, 6.45) is 0. The van der Waals surface area contributed by atoms with E-state index >= 15 is 0 Å². The van der Waals surface area contributed by atoms with Crippen molar-refractivity contribution in [3.63, 3.8) is 0 Å². The van der Waals surface area contributed by atoms with Gasteiger partial charge in [0.05, 0.1) is 0 Å². The van der Waals surface area contributed by atoms with E-state index in [0.29, 0.717) is 6.61 Å². The first-order valence-corrected chi connectivity index (χ1v) is 10.2. The molecule has 1 N–H and O–H groups in total. The minimum Gasteiger partial charge on any atom is -0.489 e. The molecule has 1 unspecified atom stereocenters. The highest BCUT2D eigenvalue weighted by Gasteiger charge is 2.12. The molecule has 146 valence electrons. The van der Waals surface area contributed by atoms with E-state index in [1.54, 1.807) is 0 Å². The lowest BCUT2D eigenvalue weighted by atomic mass is 10.0. The summed E-state index contributed by atoms with van der Waals surface area (Å²) in [6.45, 7) is 5.63. The zero-order chi connectivity index (χ0) is 20.1. The largest absolute Gasteiger partial charge is 0.489 e. The van der Waals surface area contributed by atoms with Gasteiger partial charge in [-0.05, 0) is 41.8 Å². The van der Waals surface area contributed by atoms with Crippen LogP contribution in [0.5, 0.6) is 5.75 Å². The lowest BCUT2D eigenvalue weighted by Crippen LogP contribution is -2.18. The van der Waals surface area contributed by atoms with Gasteiger partial charge >= 0.3 is 0 Å². The summed E-state index contributed by atoms with van der Waals surface area (Å²) in [5, 5.41) is 6.15. The third-order valence-electron chi connectivity index (χ3n) is 5.36. The molecule has 0 amide bonds. The monoisotopic (exact) mass is 381 g/mol. The number of ether oxygens (including phenoxy) is 1. The topological polar surface area (TPSA) is 21.3 Å². The van der Waals surface area contributed by atoms with Gasteiger partial charge in [-0.2, -0.15) is 0 Å². The smallest absolute Gasteiger partial charge is 0.124 e. The number of hydrogen-bond donors (Lipinski definition) is 1. The van der Waals surface area contributed by atoms with Gasteiger partial charge < -0.3 is 10.1 Å². The molecule has 4 aromatic rings. The third kappa shape index (κ3) is 4.67. The second kappa shape index (κ2) is 8.93. The van der Waals surface area contributed by atoms with E-state index in [-0.39, 0.29) is 6.04 Å². The van der Waals surface area contributed by atoms with Crippen LogP contribution in [0.25, 0.3) is 10.8 Å². The summed E-state index contributed by atoms with van der Waals surface area (Å²) < 4.78 is 6.28. The van der Waals surface area contributed by atoms with Crippen LogP contribution in [-0.2, 0) is 13.2 Å². The number of hydrogen-bond acceptors (Lipinski definition) is 2. The average Bonchev–Trinajstić information content (AvgIpc) is 2.77. The van der Waals surface area contributed by atoms with Crippen molar-refractivity contribution in [2.45, 2.75) is 33.0 Å². The van der Waals surface area contributed by atoms with Gasteiger partial charge in [0.15, 0.2) is 0 Å². The molecule has 0 heterocycles. The number of rotatable bonds is 7. The highest BCUT2D eigenvalue weighted by atomic mass is 16.5. The number of aryl methyl sites for hydroxylation is 1. The molecule has 1 atom stereocenters. The second-order valence-corrected chi connectivity index (χ2v) is 7.55. The van der Waals surface area contributed by atoms with Crippen molar-refractivity contribution in [3.8, 4) is 5.75 Å². The normalized spacial score (nSPS) is 12.1. The van der Waals surface area contributed by atoms with Gasteiger partial charge in [0.2, 0.25) is 0 Å². The Morgan fingerprint density at radius 3 is 2.45 bits per heavy atom. The van der Waals surface area contributed by atoms with Crippen LogP contribution >= 0.6 is 0 Å². The molecule has 0 aliphatic carbocycles. The molecule has 0 saturated carbocycles. The maximum atomic E-state index is 6.28. The van der Waals surface area contributed by atoms with Crippen molar-refractivity contribution >= 4 is 10.8 Å². The summed E-state index contributed by atoms with van der Waals surface area (Å²) >= 11 is 0. The molecule has 0 spiro atoms. The zero-order valence-electron chi connectivity index (χ0n) is 17.1. The second-order valence-electron chi connectivity index (χ2n) is 7.55. The van der Waals surface area contributed by atoms with Gasteiger partial charge in [-0.15, -0.1) is 0 Å². The molecule has 2 heteroatoms. The van der Waals surface area contributed by atoms with Crippen molar-refractivity contribution in [1.29, 1.82) is 0 Å². The highest BCUT2D eigenvalue weighted by molar-refractivity contribution is 5.87. The Bertz CT molecular complexity index is 1090. The fourth-order valence-corrected chi connectivity index (χ4v) is 3.71. The maximum absolute atomic E-state index is 6.28. The Balaban J connectivity index is 1.58. The van der Waals surface area contributed by atoms with E-state index in [0.717, 1.165) is 12.3 Å². The van der Waals surface area contributed by atoms with Crippen molar-refractivity contribution in [3.05, 3.63) is 113 Å². The molecule has 0 bridgehead atoms. The molecule has 0 aliphatic rings. The maximum Gasteiger partial charge on any atom is 0.124 e. The Labute approximate surface area is 173 Å². The Kier molecular flexibility index (Phi) is 5.92. The molecule has 2 nitrogen and oxygen atoms in total. The third-order valence-corrected chi connectivity index (χ3v) is 5.36. The van der Waals surface area contributed by atoms with Crippen LogP contribution in [0.4, 0.5) is 0 Å². The van der Waals surface area contributed by atoms with Crippen molar-refractivity contribution < 1.29 is 4.74 Å². The van der Waals surface area contributed by atoms with Crippen molar-refractivity contribution in [1.82, 2.24) is 5.32 Å². The van der Waals surface area contributed by atoms with E-state index in [1.807, 2.05) is 0 Å². The van der Waals surface area contributed by atoms with Gasteiger partial charge in [-0.1, -0.05) is 90.5 Å². The highest BCUT2D eigenvalue weighted by Crippen LogP contribution is 2.29. The van der Waals surface area contributed by atoms with E-state index < -0.39 is 0 Å². The van der Waals surface area contributed by atoms with Crippen molar-refractivity contribution in [2.75, 3.05) is 0 Å². The van der Waals surface area contributed by atoms with E-state index in [4.69, 9.17) is 4.74 Å². The lowest BCUT2D eigenvalue weighted by molar-refractivity contribution is 0.302. The van der Waals surface area contributed by atoms with Crippen LogP contribution in [0.1, 0.15) is 35.2 Å². The quantitative estimate of drug-likeness (QED) is 0.390. The molecule has 0 aromatic heterocycles. The predicted molar refractivity (Wildman–Crippen MR) is 121 cm³/mol. The van der Waals surface area contributed by atoms with E-state index in [1.165, 1.54) is 33.0 Å². The summed E-state index contributed by atoms with van der Waals surface area (Å²) in [5.41, 5.74) is 4.94. The van der Waals surface area contributed by atoms with Crippen LogP contribution in [-0.4, -0.2) is 0 Å². The molecular formula is C27H27NO. The van der Waals surface area contributed by atoms with Gasteiger partial charge in [0, 0.05) is 18.2 Å². The number of fused-ring (bicyclic) bond motifs is 1. The Hall–Kier alpha value is -3.10. The predicted octanol–water partition coefficient (Wildman–Crippen LogP) is 6.58. The van der Waals surface area contributed by atoms with Gasteiger partial charge in [-0.3, -0.25) is 0 Å². The molecule has 4 aromatic carbocycles. The fraction of sp³-hybridized carbons (Fsp3) is 0.185. The van der Waals surface area contributed by atoms with Crippen LogP contribution in [0.3, 0.4) is 0 Å². The summed E-state index contributed by atoms with van der Waals surface area (Å²) in [4.78, 5) is 0. The first kappa shape index (κ1) is 19.2. The average molecular weight is 382 g/mol. The summed E-state index contributed by atoms with van der Waals surface area (Å²) in [5.74, 6) is 0.943. The van der Waals surface area contributed by atoms with Crippen LogP contribution in [0.15, 0.2) is 91.0 Å². The zero-order valence-corrected chi connectivity index (χ0v) is 17.1. The molecule has 0 saturated heterocycles. The Morgan fingerprint density at radius 2 is 1.62 bits per heavy atom. The first-order valence-electron chi connectivity index (χ1n) is 10.2. The standard InChI is InChI=1S/C27H27NO/c1-20-9-8-10-22(17-20)19-29-27-16-15-24-13-6-7-14-25(24)26(27)18-28-21(2)23-11-4-3-5-12-23/h3-17,21,28H,18-19H2,1-2H3. The van der Waals surface area contributed by atoms with E-state index in [9.17, 15) is 0 Å². The molecule has 4 rings (SSSR count). The van der Waals surface area contributed by atoms with Crippen LogP contribution < -0.4 is 10.1 Å². The molecule has 0 radical (unpaired) electrons. The minimum atomic E-state index is 0.264. The SMILES string of the molecule is Cc1cccc(COc2ccc3ccccc3c2CNC(C)c2ccccc2)c1. The van der Waals surface area contributed by atoms with Crippen molar-refractivity contribution in [2.24, 2.45) is 0 Å². The number of nitrogens with one attached hydrogen (secondary N) is 1. The molecule has 0 fully saturated rings. The fourth-order valence-electron chi connectivity index (χ4n) is 3.71. The van der Waals surface area contributed by atoms with Crippen LogP contribution in [0, 0.1) is 6.92 Å². The van der Waals surface area contributed by atoms with Gasteiger partial charge in [-0.25, -0.2) is 0 Å². The Morgan fingerprint density at radius 1 is 0.828 bits per heavy atom.